The summed E-state index contributed by atoms with van der Waals surface area (Å²) in [6, 6.07) is 16.0. The summed E-state index contributed by atoms with van der Waals surface area (Å²) in [5, 5.41) is 0. The van der Waals surface area contributed by atoms with Gasteiger partial charge in [0.05, 0.1) is 0 Å². The topological polar surface area (TPSA) is 0 Å². The lowest BCUT2D eigenvalue weighted by atomic mass is 9.72. The highest BCUT2D eigenvalue weighted by Crippen LogP contribution is 2.47. The van der Waals surface area contributed by atoms with E-state index in [4.69, 9.17) is 0 Å². The Balaban J connectivity index is 1.31. The minimum Gasteiger partial charge on any atom is -0.0949 e. The standard InChI is InChI=1S/C26H28/c1-17-7-9-20-10-11-21(18(2)26(20)13-17)14-19-8-12-25-23(15-19)16-22-5-3-4-6-24(22)25/h3-7,9,13,19,21H,2,8,10-12,14-16H2,1H3. The number of benzene rings is 2. The SMILES string of the molecule is C=C1c2cc(C)ccc2CCC1CC1CCC2=C(Cc3ccccc32)C1. The molecule has 0 saturated heterocycles. The first-order valence-electron chi connectivity index (χ1n) is 10.3. The highest BCUT2D eigenvalue weighted by molar-refractivity contribution is 5.77. The molecule has 0 N–H and O–H groups in total. The van der Waals surface area contributed by atoms with Crippen molar-refractivity contribution in [2.24, 2.45) is 11.8 Å². The summed E-state index contributed by atoms with van der Waals surface area (Å²) < 4.78 is 0. The van der Waals surface area contributed by atoms with Crippen molar-refractivity contribution >= 4 is 11.1 Å². The number of hydrogen-bond acceptors (Lipinski definition) is 0. The number of rotatable bonds is 2. The maximum atomic E-state index is 4.53. The van der Waals surface area contributed by atoms with E-state index < -0.39 is 0 Å². The molecule has 0 spiro atoms. The van der Waals surface area contributed by atoms with E-state index in [-0.39, 0.29) is 0 Å². The van der Waals surface area contributed by atoms with Crippen LogP contribution in [0.1, 0.15) is 59.9 Å². The van der Waals surface area contributed by atoms with E-state index in [1.54, 1.807) is 22.3 Å². The molecular formula is C26H28. The van der Waals surface area contributed by atoms with Crippen LogP contribution in [0, 0.1) is 18.8 Å². The van der Waals surface area contributed by atoms with Gasteiger partial charge in [-0.2, -0.15) is 0 Å². The van der Waals surface area contributed by atoms with Gasteiger partial charge in [-0.15, -0.1) is 0 Å². The van der Waals surface area contributed by atoms with Crippen LogP contribution in [-0.2, 0) is 12.8 Å². The van der Waals surface area contributed by atoms with Gasteiger partial charge < -0.3 is 0 Å². The summed E-state index contributed by atoms with van der Waals surface area (Å²) in [6.07, 6.45) is 9.01. The Morgan fingerprint density at radius 1 is 0.962 bits per heavy atom. The number of fused-ring (bicyclic) bond motifs is 3. The van der Waals surface area contributed by atoms with Crippen LogP contribution in [0.15, 0.2) is 54.6 Å². The summed E-state index contributed by atoms with van der Waals surface area (Å²) >= 11 is 0. The second-order valence-corrected chi connectivity index (χ2v) is 8.68. The van der Waals surface area contributed by atoms with Crippen molar-refractivity contribution < 1.29 is 0 Å². The normalized spacial score (nSPS) is 24.3. The average molecular weight is 341 g/mol. The first-order chi connectivity index (χ1) is 12.7. The van der Waals surface area contributed by atoms with Crippen LogP contribution in [0.2, 0.25) is 0 Å². The lowest BCUT2D eigenvalue weighted by Gasteiger charge is -2.32. The predicted octanol–water partition coefficient (Wildman–Crippen LogP) is 6.77. The third kappa shape index (κ3) is 2.67. The zero-order valence-corrected chi connectivity index (χ0v) is 15.9. The van der Waals surface area contributed by atoms with Crippen LogP contribution in [-0.4, -0.2) is 0 Å². The largest absolute Gasteiger partial charge is 0.0949 e. The minimum atomic E-state index is 0.681. The predicted molar refractivity (Wildman–Crippen MR) is 111 cm³/mol. The van der Waals surface area contributed by atoms with Crippen molar-refractivity contribution in [3.05, 3.63) is 82.4 Å². The molecule has 0 heteroatoms. The number of hydrogen-bond donors (Lipinski definition) is 0. The molecule has 2 unspecified atom stereocenters. The van der Waals surface area contributed by atoms with E-state index in [9.17, 15) is 0 Å². The maximum Gasteiger partial charge on any atom is -0.00549 e. The van der Waals surface area contributed by atoms with Crippen molar-refractivity contribution in [3.63, 3.8) is 0 Å². The van der Waals surface area contributed by atoms with Gasteiger partial charge in [0.15, 0.2) is 0 Å². The fourth-order valence-corrected chi connectivity index (χ4v) is 5.60. The molecule has 0 nitrogen and oxygen atoms in total. The quantitative estimate of drug-likeness (QED) is 0.566. The van der Waals surface area contributed by atoms with Gasteiger partial charge in [-0.3, -0.25) is 0 Å². The molecule has 2 aromatic rings. The molecule has 0 aromatic heterocycles. The molecule has 26 heavy (non-hydrogen) atoms. The van der Waals surface area contributed by atoms with Crippen LogP contribution in [0.25, 0.3) is 11.1 Å². The molecule has 0 heterocycles. The molecule has 3 aliphatic carbocycles. The van der Waals surface area contributed by atoms with Gasteiger partial charge in [-0.25, -0.2) is 0 Å². The van der Waals surface area contributed by atoms with Crippen molar-refractivity contribution in [1.29, 1.82) is 0 Å². The Labute approximate surface area is 157 Å². The van der Waals surface area contributed by atoms with Crippen LogP contribution >= 0.6 is 0 Å². The summed E-state index contributed by atoms with van der Waals surface area (Å²) in [5.74, 6) is 1.52. The van der Waals surface area contributed by atoms with Crippen molar-refractivity contribution in [2.75, 3.05) is 0 Å². The minimum absolute atomic E-state index is 0.681. The fraction of sp³-hybridized carbons (Fsp3) is 0.385. The molecule has 0 fully saturated rings. The molecule has 2 atom stereocenters. The highest BCUT2D eigenvalue weighted by Gasteiger charge is 2.31. The van der Waals surface area contributed by atoms with E-state index >= 15 is 0 Å². The molecular weight excluding hydrogens is 312 g/mol. The van der Waals surface area contributed by atoms with Gasteiger partial charge in [0, 0.05) is 0 Å². The van der Waals surface area contributed by atoms with Gasteiger partial charge in [0.25, 0.3) is 0 Å². The van der Waals surface area contributed by atoms with Crippen LogP contribution in [0.4, 0.5) is 0 Å². The maximum absolute atomic E-state index is 4.53. The molecule has 5 rings (SSSR count). The lowest BCUT2D eigenvalue weighted by Crippen LogP contribution is -2.18. The summed E-state index contributed by atoms with van der Waals surface area (Å²) in [7, 11) is 0. The fourth-order valence-electron chi connectivity index (χ4n) is 5.60. The Morgan fingerprint density at radius 3 is 2.77 bits per heavy atom. The Kier molecular flexibility index (Phi) is 3.89. The van der Waals surface area contributed by atoms with E-state index in [1.165, 1.54) is 67.2 Å². The second-order valence-electron chi connectivity index (χ2n) is 8.68. The summed E-state index contributed by atoms with van der Waals surface area (Å²) in [6.45, 7) is 6.73. The van der Waals surface area contributed by atoms with Crippen LogP contribution in [0.3, 0.4) is 0 Å². The van der Waals surface area contributed by atoms with Crippen LogP contribution in [0.5, 0.6) is 0 Å². The van der Waals surface area contributed by atoms with Gasteiger partial charge in [-0.1, -0.05) is 60.2 Å². The molecule has 0 bridgehead atoms. The zero-order valence-electron chi connectivity index (χ0n) is 15.9. The number of allylic oxidation sites excluding steroid dienone is 3. The van der Waals surface area contributed by atoms with E-state index in [1.807, 2.05) is 0 Å². The molecule has 0 saturated carbocycles. The zero-order chi connectivity index (χ0) is 17.7. The van der Waals surface area contributed by atoms with Gasteiger partial charge in [-0.05, 0) is 97.1 Å². The van der Waals surface area contributed by atoms with Crippen molar-refractivity contribution in [3.8, 4) is 0 Å². The van der Waals surface area contributed by atoms with Crippen molar-refractivity contribution in [1.82, 2.24) is 0 Å². The lowest BCUT2D eigenvalue weighted by molar-refractivity contribution is 0.373. The molecule has 0 radical (unpaired) electrons. The Bertz CT molecular complexity index is 911. The first kappa shape index (κ1) is 16.1. The summed E-state index contributed by atoms with van der Waals surface area (Å²) in [4.78, 5) is 0. The van der Waals surface area contributed by atoms with Gasteiger partial charge in [0.1, 0.15) is 0 Å². The van der Waals surface area contributed by atoms with E-state index in [0.29, 0.717) is 5.92 Å². The number of aryl methyl sites for hydroxylation is 2. The molecule has 3 aliphatic rings. The van der Waals surface area contributed by atoms with E-state index in [0.717, 1.165) is 5.92 Å². The highest BCUT2D eigenvalue weighted by atomic mass is 14.4. The average Bonchev–Trinajstić information content (AvgIpc) is 3.02. The van der Waals surface area contributed by atoms with E-state index in [2.05, 4.69) is 56.0 Å². The van der Waals surface area contributed by atoms with Gasteiger partial charge in [0.2, 0.25) is 0 Å². The monoisotopic (exact) mass is 340 g/mol. The molecule has 0 aliphatic heterocycles. The second kappa shape index (κ2) is 6.27. The smallest absolute Gasteiger partial charge is 0.00549 e. The van der Waals surface area contributed by atoms with Crippen molar-refractivity contribution in [2.45, 2.75) is 51.9 Å². The summed E-state index contributed by atoms with van der Waals surface area (Å²) in [5.41, 5.74) is 12.3. The Morgan fingerprint density at radius 2 is 1.85 bits per heavy atom. The molecule has 0 amide bonds. The molecule has 132 valence electrons. The van der Waals surface area contributed by atoms with Gasteiger partial charge >= 0.3 is 0 Å². The third-order valence-corrected chi connectivity index (χ3v) is 6.99. The first-order valence-corrected chi connectivity index (χ1v) is 10.3. The molecule has 2 aromatic carbocycles. The van der Waals surface area contributed by atoms with Crippen LogP contribution < -0.4 is 0 Å². The Hall–Kier alpha value is -2.08. The third-order valence-electron chi connectivity index (χ3n) is 6.99.